The Bertz CT molecular complexity index is 1260. The number of aliphatic hydroxyl groups excluding tert-OH is 1. The molecule has 2 aromatic carbocycles. The predicted octanol–water partition coefficient (Wildman–Crippen LogP) is 2.46. The van der Waals surface area contributed by atoms with Gasteiger partial charge in [0.15, 0.2) is 6.23 Å². The van der Waals surface area contributed by atoms with Crippen molar-refractivity contribution in [3.05, 3.63) is 117 Å². The summed E-state index contributed by atoms with van der Waals surface area (Å²) in [6.45, 7) is 3.05. The zero-order valence-corrected chi connectivity index (χ0v) is 18.8. The van der Waals surface area contributed by atoms with Crippen LogP contribution >= 0.6 is 0 Å². The average Bonchev–Trinajstić information content (AvgIpc) is 3.13. The number of hydrogen-bond acceptors (Lipinski definition) is 6. The second-order valence-corrected chi connectivity index (χ2v) is 8.23. The summed E-state index contributed by atoms with van der Waals surface area (Å²) in [4.78, 5) is 26.7. The number of aryl methyl sites for hydroxylation is 1. The maximum absolute atomic E-state index is 12.6. The third-order valence-electron chi connectivity index (χ3n) is 5.93. The first-order chi connectivity index (χ1) is 16.9. The SMILES string of the molecule is [2H]C=C[C@]1(OCc2ccccc2)[C@H](O)C(n2cc(C)c(=O)[nH]c2=O)O[C@@H]1COCc1ccccc1. The Labute approximate surface area is 198 Å². The standard InChI is InChI=1S/C26H28N2O6/c1-3-26(33-16-20-12-8-5-9-13-20)21(17-32-15-19-10-6-4-7-11-19)34-24(22(26)29)28-14-18(2)23(30)27-25(28)31/h3-14,21-22,24,29H,1,15-17H2,2H3,(H,27,30,31)/t21-,22-,24?,26-/m1/s1/i1D. The van der Waals surface area contributed by atoms with Crippen molar-refractivity contribution in [2.24, 2.45) is 0 Å². The van der Waals surface area contributed by atoms with Crippen molar-refractivity contribution in [3.8, 4) is 0 Å². The van der Waals surface area contributed by atoms with E-state index in [9.17, 15) is 14.7 Å². The highest BCUT2D eigenvalue weighted by Crippen LogP contribution is 2.41. The smallest absolute Gasteiger partial charge is 0.330 e. The zero-order valence-electron chi connectivity index (χ0n) is 19.8. The Hall–Kier alpha value is -3.30. The number of ether oxygens (including phenoxy) is 3. The molecule has 4 atom stereocenters. The van der Waals surface area contributed by atoms with Crippen molar-refractivity contribution in [1.82, 2.24) is 9.55 Å². The van der Waals surface area contributed by atoms with Gasteiger partial charge in [0, 0.05) is 11.8 Å². The van der Waals surface area contributed by atoms with E-state index < -0.39 is 35.3 Å². The van der Waals surface area contributed by atoms with Crippen LogP contribution in [0.15, 0.2) is 89.1 Å². The van der Waals surface area contributed by atoms with E-state index in [2.05, 4.69) is 4.98 Å². The largest absolute Gasteiger partial charge is 0.385 e. The lowest BCUT2D eigenvalue weighted by Crippen LogP contribution is -2.50. The molecule has 0 aliphatic carbocycles. The Morgan fingerprint density at radius 2 is 1.79 bits per heavy atom. The molecule has 0 radical (unpaired) electrons. The van der Waals surface area contributed by atoms with E-state index in [-0.39, 0.29) is 18.8 Å². The van der Waals surface area contributed by atoms with Crippen LogP contribution in [0.1, 0.15) is 24.3 Å². The number of hydrogen-bond donors (Lipinski definition) is 2. The molecule has 8 nitrogen and oxygen atoms in total. The molecule has 3 aromatic rings. The number of benzene rings is 2. The van der Waals surface area contributed by atoms with Gasteiger partial charge < -0.3 is 19.3 Å². The summed E-state index contributed by atoms with van der Waals surface area (Å²) < 4.78 is 27.2. The van der Waals surface area contributed by atoms with Crippen LogP contribution < -0.4 is 11.2 Å². The number of nitrogens with zero attached hydrogens (tertiary/aromatic N) is 1. The summed E-state index contributed by atoms with van der Waals surface area (Å²) in [5, 5.41) is 11.4. The van der Waals surface area contributed by atoms with Gasteiger partial charge in [0.2, 0.25) is 0 Å². The fraction of sp³-hybridized carbons (Fsp3) is 0.308. The van der Waals surface area contributed by atoms with Gasteiger partial charge in [-0.3, -0.25) is 14.3 Å². The van der Waals surface area contributed by atoms with Crippen LogP contribution in [0.25, 0.3) is 0 Å². The molecule has 0 amide bonds. The molecule has 1 aromatic heterocycles. The van der Waals surface area contributed by atoms with Crippen LogP contribution in [-0.4, -0.2) is 39.1 Å². The van der Waals surface area contributed by atoms with Gasteiger partial charge in [-0.2, -0.15) is 0 Å². The minimum Gasteiger partial charge on any atom is -0.385 e. The first-order valence-corrected chi connectivity index (χ1v) is 11.0. The van der Waals surface area contributed by atoms with Crippen LogP contribution in [0.3, 0.4) is 0 Å². The normalized spacial score (nSPS) is 25.0. The molecule has 8 heteroatoms. The molecule has 1 fully saturated rings. The molecular formula is C26H28N2O6. The molecular weight excluding hydrogens is 436 g/mol. The third-order valence-corrected chi connectivity index (χ3v) is 5.93. The molecule has 34 heavy (non-hydrogen) atoms. The molecule has 1 unspecified atom stereocenters. The molecule has 2 heterocycles. The summed E-state index contributed by atoms with van der Waals surface area (Å²) in [6.07, 6.45) is -0.637. The Balaban J connectivity index is 1.65. The number of aromatic amines is 1. The molecule has 2 N–H and O–H groups in total. The van der Waals surface area contributed by atoms with Crippen LogP contribution in [0, 0.1) is 6.92 Å². The van der Waals surface area contributed by atoms with Crippen LogP contribution in [0.5, 0.6) is 0 Å². The van der Waals surface area contributed by atoms with Crippen molar-refractivity contribution >= 4 is 0 Å². The van der Waals surface area contributed by atoms with Gasteiger partial charge in [-0.25, -0.2) is 4.79 Å². The zero-order chi connectivity index (χ0) is 24.8. The van der Waals surface area contributed by atoms with E-state index in [1.54, 1.807) is 6.92 Å². The van der Waals surface area contributed by atoms with Crippen molar-refractivity contribution in [3.63, 3.8) is 0 Å². The van der Waals surface area contributed by atoms with Crippen molar-refractivity contribution in [1.29, 1.82) is 0 Å². The maximum Gasteiger partial charge on any atom is 0.330 e. The van der Waals surface area contributed by atoms with E-state index in [0.29, 0.717) is 6.61 Å². The second kappa shape index (κ2) is 10.3. The Morgan fingerprint density at radius 3 is 2.44 bits per heavy atom. The summed E-state index contributed by atoms with van der Waals surface area (Å²) in [6, 6.07) is 19.0. The lowest BCUT2D eigenvalue weighted by atomic mass is 9.91. The van der Waals surface area contributed by atoms with E-state index >= 15 is 0 Å². The number of nitrogens with one attached hydrogen (secondary N) is 1. The topological polar surface area (TPSA) is 103 Å². The first-order valence-electron chi connectivity index (χ1n) is 11.5. The summed E-state index contributed by atoms with van der Waals surface area (Å²) in [7, 11) is 0. The second-order valence-electron chi connectivity index (χ2n) is 8.23. The average molecular weight is 466 g/mol. The number of aliphatic hydroxyl groups is 1. The number of aromatic nitrogens is 2. The van der Waals surface area contributed by atoms with Crippen LogP contribution in [0.4, 0.5) is 0 Å². The highest BCUT2D eigenvalue weighted by atomic mass is 16.6. The fourth-order valence-electron chi connectivity index (χ4n) is 4.00. The monoisotopic (exact) mass is 465 g/mol. The molecule has 4 rings (SSSR count). The Kier molecular flexibility index (Phi) is 6.82. The number of rotatable bonds is 9. The highest BCUT2D eigenvalue weighted by Gasteiger charge is 2.56. The van der Waals surface area contributed by atoms with Gasteiger partial charge in [0.05, 0.1) is 21.2 Å². The van der Waals surface area contributed by atoms with E-state index in [1.165, 1.54) is 12.3 Å². The van der Waals surface area contributed by atoms with Gasteiger partial charge in [-0.15, -0.1) is 6.55 Å². The third kappa shape index (κ3) is 4.80. The quantitative estimate of drug-likeness (QED) is 0.471. The molecule has 178 valence electrons. The molecule has 0 saturated carbocycles. The van der Waals surface area contributed by atoms with Crippen LogP contribution in [0.2, 0.25) is 0 Å². The van der Waals surface area contributed by atoms with Gasteiger partial charge in [-0.1, -0.05) is 66.7 Å². The fourth-order valence-corrected chi connectivity index (χ4v) is 4.00. The van der Waals surface area contributed by atoms with Gasteiger partial charge >= 0.3 is 5.69 Å². The molecule has 1 saturated heterocycles. The van der Waals surface area contributed by atoms with E-state index in [1.807, 2.05) is 60.7 Å². The maximum atomic E-state index is 12.6. The summed E-state index contributed by atoms with van der Waals surface area (Å²) >= 11 is 0. The number of H-pyrrole nitrogens is 1. The van der Waals surface area contributed by atoms with Crippen molar-refractivity contribution in [2.45, 2.75) is 44.2 Å². The first kappa shape index (κ1) is 22.5. The van der Waals surface area contributed by atoms with Crippen molar-refractivity contribution < 1.29 is 20.7 Å². The lowest BCUT2D eigenvalue weighted by Gasteiger charge is -2.33. The summed E-state index contributed by atoms with van der Waals surface area (Å²) in [5.41, 5.74) is -0.608. The minimum absolute atomic E-state index is 0.0265. The Morgan fingerprint density at radius 1 is 1.15 bits per heavy atom. The van der Waals surface area contributed by atoms with Gasteiger partial charge in [0.25, 0.3) is 5.56 Å². The van der Waals surface area contributed by atoms with E-state index in [0.717, 1.165) is 22.2 Å². The highest BCUT2D eigenvalue weighted by molar-refractivity contribution is 5.18. The summed E-state index contributed by atoms with van der Waals surface area (Å²) in [5.74, 6) is 0. The molecule has 0 bridgehead atoms. The minimum atomic E-state index is -1.48. The van der Waals surface area contributed by atoms with Gasteiger partial charge in [-0.05, 0) is 18.1 Å². The van der Waals surface area contributed by atoms with Gasteiger partial charge in [0.1, 0.15) is 17.8 Å². The lowest BCUT2D eigenvalue weighted by molar-refractivity contribution is -0.123. The van der Waals surface area contributed by atoms with Crippen LogP contribution in [-0.2, 0) is 27.4 Å². The van der Waals surface area contributed by atoms with Crippen molar-refractivity contribution in [2.75, 3.05) is 6.61 Å². The molecule has 1 aliphatic heterocycles. The molecule has 0 spiro atoms. The predicted molar refractivity (Wildman–Crippen MR) is 126 cm³/mol. The van der Waals surface area contributed by atoms with E-state index in [4.69, 9.17) is 15.6 Å². The molecule has 1 aliphatic rings.